The second-order valence-corrected chi connectivity index (χ2v) is 6.46. The summed E-state index contributed by atoms with van der Waals surface area (Å²) in [6.07, 6.45) is 2.80. The van der Waals surface area contributed by atoms with E-state index in [2.05, 4.69) is 17.2 Å². The summed E-state index contributed by atoms with van der Waals surface area (Å²) in [5.74, 6) is -1.17. The van der Waals surface area contributed by atoms with Gasteiger partial charge in [-0.1, -0.05) is 31.2 Å². The standard InChI is InChI=1S/C19H16N2O3S/c1-2-12-3-5-13(6-4-12)11-16-17(22)21-19(25-16)20-15-9-7-14(8-10-15)18(23)24/h3-11H,2H2,1H3,(H,23,24)(H,20,21,22)/b16-11-. The number of aromatic carboxylic acids is 1. The molecule has 1 aliphatic rings. The van der Waals surface area contributed by atoms with Crippen molar-refractivity contribution < 1.29 is 14.7 Å². The van der Waals surface area contributed by atoms with Crippen LogP contribution in [-0.2, 0) is 11.2 Å². The molecule has 0 radical (unpaired) electrons. The molecular formula is C19H16N2O3S. The van der Waals surface area contributed by atoms with E-state index in [0.29, 0.717) is 15.8 Å². The number of benzene rings is 2. The number of nitrogens with zero attached hydrogens (tertiary/aromatic N) is 1. The number of aliphatic imine (C=N–C) groups is 1. The Morgan fingerprint density at radius 3 is 2.44 bits per heavy atom. The second kappa shape index (κ2) is 7.36. The minimum Gasteiger partial charge on any atom is -0.478 e. The van der Waals surface area contributed by atoms with Crippen molar-refractivity contribution in [2.75, 3.05) is 0 Å². The van der Waals surface area contributed by atoms with E-state index in [1.54, 1.807) is 12.1 Å². The Bertz CT molecular complexity index is 869. The first-order chi connectivity index (χ1) is 12.0. The Kier molecular flexibility index (Phi) is 5.00. The number of amides is 1. The summed E-state index contributed by atoms with van der Waals surface area (Å²) in [4.78, 5) is 27.9. The molecule has 0 unspecified atom stereocenters. The SMILES string of the molecule is CCc1ccc(/C=C2\SC(=Nc3ccc(C(=O)O)cc3)NC2=O)cc1. The Morgan fingerprint density at radius 1 is 1.16 bits per heavy atom. The molecule has 0 saturated carbocycles. The number of hydrogen-bond acceptors (Lipinski definition) is 4. The first-order valence-corrected chi connectivity index (χ1v) is 8.58. The molecule has 1 saturated heterocycles. The summed E-state index contributed by atoms with van der Waals surface area (Å²) in [6.45, 7) is 2.10. The summed E-state index contributed by atoms with van der Waals surface area (Å²) < 4.78 is 0. The van der Waals surface area contributed by atoms with Gasteiger partial charge in [-0.15, -0.1) is 0 Å². The molecule has 6 heteroatoms. The molecule has 0 bridgehead atoms. The quantitative estimate of drug-likeness (QED) is 0.820. The summed E-state index contributed by atoms with van der Waals surface area (Å²) in [5, 5.41) is 12.1. The average Bonchev–Trinajstić information content (AvgIpc) is 2.95. The third-order valence-electron chi connectivity index (χ3n) is 3.68. The number of thioether (sulfide) groups is 1. The number of amidine groups is 1. The summed E-state index contributed by atoms with van der Waals surface area (Å²) >= 11 is 1.26. The van der Waals surface area contributed by atoms with Crippen LogP contribution in [0.1, 0.15) is 28.4 Å². The van der Waals surface area contributed by atoms with Gasteiger partial charge in [-0.05, 0) is 59.7 Å². The minimum atomic E-state index is -0.984. The monoisotopic (exact) mass is 352 g/mol. The van der Waals surface area contributed by atoms with Crippen molar-refractivity contribution in [1.29, 1.82) is 0 Å². The van der Waals surface area contributed by atoms with Crippen molar-refractivity contribution in [2.24, 2.45) is 4.99 Å². The van der Waals surface area contributed by atoms with Gasteiger partial charge in [0.25, 0.3) is 5.91 Å². The topological polar surface area (TPSA) is 78.8 Å². The van der Waals surface area contributed by atoms with E-state index in [0.717, 1.165) is 12.0 Å². The predicted octanol–water partition coefficient (Wildman–Crippen LogP) is 3.84. The van der Waals surface area contributed by atoms with Gasteiger partial charge in [0.05, 0.1) is 16.2 Å². The van der Waals surface area contributed by atoms with Gasteiger partial charge in [0.15, 0.2) is 5.17 Å². The van der Waals surface area contributed by atoms with Crippen LogP contribution in [0.15, 0.2) is 58.4 Å². The average molecular weight is 352 g/mol. The first-order valence-electron chi connectivity index (χ1n) is 7.77. The van der Waals surface area contributed by atoms with Crippen molar-refractivity contribution in [2.45, 2.75) is 13.3 Å². The van der Waals surface area contributed by atoms with Crippen LogP contribution in [-0.4, -0.2) is 22.2 Å². The van der Waals surface area contributed by atoms with Crippen molar-refractivity contribution in [1.82, 2.24) is 5.32 Å². The second-order valence-electron chi connectivity index (χ2n) is 5.43. The molecule has 1 amide bonds. The fourth-order valence-corrected chi connectivity index (χ4v) is 3.12. The number of carbonyl (C=O) groups is 2. The van der Waals surface area contributed by atoms with Crippen LogP contribution in [0.4, 0.5) is 5.69 Å². The third-order valence-corrected chi connectivity index (χ3v) is 4.59. The van der Waals surface area contributed by atoms with E-state index >= 15 is 0 Å². The van der Waals surface area contributed by atoms with Crippen LogP contribution in [0.2, 0.25) is 0 Å². The van der Waals surface area contributed by atoms with E-state index in [1.165, 1.54) is 29.5 Å². The van der Waals surface area contributed by atoms with E-state index in [4.69, 9.17) is 5.11 Å². The molecular weight excluding hydrogens is 336 g/mol. The normalized spacial score (nSPS) is 17.1. The minimum absolute atomic E-state index is 0.189. The van der Waals surface area contributed by atoms with Gasteiger partial charge in [-0.25, -0.2) is 9.79 Å². The molecule has 2 aromatic carbocycles. The van der Waals surface area contributed by atoms with Gasteiger partial charge in [0.2, 0.25) is 0 Å². The van der Waals surface area contributed by atoms with E-state index < -0.39 is 5.97 Å². The molecule has 3 rings (SSSR count). The predicted molar refractivity (Wildman–Crippen MR) is 100 cm³/mol. The molecule has 126 valence electrons. The molecule has 0 spiro atoms. The van der Waals surface area contributed by atoms with Crippen LogP contribution in [0.3, 0.4) is 0 Å². The van der Waals surface area contributed by atoms with Crippen LogP contribution in [0, 0.1) is 0 Å². The van der Waals surface area contributed by atoms with Crippen molar-refractivity contribution in [3.8, 4) is 0 Å². The Labute approximate surface area is 149 Å². The summed E-state index contributed by atoms with van der Waals surface area (Å²) in [5.41, 5.74) is 2.99. The third kappa shape index (κ3) is 4.16. The Balaban J connectivity index is 1.76. The number of carboxylic acids is 1. The zero-order valence-electron chi connectivity index (χ0n) is 13.5. The molecule has 2 N–H and O–H groups in total. The lowest BCUT2D eigenvalue weighted by Crippen LogP contribution is -2.19. The van der Waals surface area contributed by atoms with Crippen LogP contribution < -0.4 is 5.32 Å². The number of hydrogen-bond donors (Lipinski definition) is 2. The molecule has 0 aliphatic carbocycles. The van der Waals surface area contributed by atoms with Crippen LogP contribution in [0.5, 0.6) is 0 Å². The number of nitrogens with one attached hydrogen (secondary N) is 1. The van der Waals surface area contributed by atoms with Gasteiger partial charge in [0.1, 0.15) is 0 Å². The molecule has 2 aromatic rings. The number of carbonyl (C=O) groups excluding carboxylic acids is 1. The molecule has 1 aliphatic heterocycles. The number of carboxylic acid groups (broad SMARTS) is 1. The fourth-order valence-electron chi connectivity index (χ4n) is 2.28. The van der Waals surface area contributed by atoms with Crippen molar-refractivity contribution in [3.63, 3.8) is 0 Å². The van der Waals surface area contributed by atoms with Gasteiger partial charge >= 0.3 is 5.97 Å². The molecule has 0 aromatic heterocycles. The summed E-state index contributed by atoms with van der Waals surface area (Å²) in [7, 11) is 0. The first kappa shape index (κ1) is 17.0. The molecule has 1 heterocycles. The molecule has 0 atom stereocenters. The van der Waals surface area contributed by atoms with E-state index in [1.807, 2.05) is 30.3 Å². The van der Waals surface area contributed by atoms with Gasteiger partial charge < -0.3 is 10.4 Å². The van der Waals surface area contributed by atoms with Gasteiger partial charge in [-0.3, -0.25) is 4.79 Å². The maximum Gasteiger partial charge on any atom is 0.335 e. The highest BCUT2D eigenvalue weighted by molar-refractivity contribution is 8.18. The fraction of sp³-hybridized carbons (Fsp3) is 0.105. The Hall–Kier alpha value is -2.86. The van der Waals surface area contributed by atoms with Gasteiger partial charge in [0, 0.05) is 0 Å². The maximum absolute atomic E-state index is 12.1. The lowest BCUT2D eigenvalue weighted by molar-refractivity contribution is -0.115. The highest BCUT2D eigenvalue weighted by Crippen LogP contribution is 2.28. The zero-order chi connectivity index (χ0) is 17.8. The van der Waals surface area contributed by atoms with Crippen LogP contribution >= 0.6 is 11.8 Å². The lowest BCUT2D eigenvalue weighted by Gasteiger charge is -1.98. The molecule has 25 heavy (non-hydrogen) atoms. The van der Waals surface area contributed by atoms with Crippen LogP contribution in [0.25, 0.3) is 6.08 Å². The van der Waals surface area contributed by atoms with E-state index in [-0.39, 0.29) is 11.5 Å². The van der Waals surface area contributed by atoms with Gasteiger partial charge in [-0.2, -0.15) is 0 Å². The Morgan fingerprint density at radius 2 is 1.84 bits per heavy atom. The van der Waals surface area contributed by atoms with E-state index in [9.17, 15) is 9.59 Å². The molecule has 1 fully saturated rings. The largest absolute Gasteiger partial charge is 0.478 e. The highest BCUT2D eigenvalue weighted by atomic mass is 32.2. The van der Waals surface area contributed by atoms with Crippen molar-refractivity contribution in [3.05, 3.63) is 70.1 Å². The number of aryl methyl sites for hydroxylation is 1. The lowest BCUT2D eigenvalue weighted by atomic mass is 10.1. The smallest absolute Gasteiger partial charge is 0.335 e. The maximum atomic E-state index is 12.1. The highest BCUT2D eigenvalue weighted by Gasteiger charge is 2.23. The van der Waals surface area contributed by atoms with Crippen molar-refractivity contribution >= 4 is 40.6 Å². The molecule has 5 nitrogen and oxygen atoms in total. The zero-order valence-corrected chi connectivity index (χ0v) is 14.3. The summed E-state index contributed by atoms with van der Waals surface area (Å²) in [6, 6.07) is 14.2. The number of rotatable bonds is 4.